The van der Waals surface area contributed by atoms with E-state index in [1.54, 1.807) is 0 Å². The van der Waals surface area contributed by atoms with Crippen LogP contribution in [-0.4, -0.2) is 92.3 Å². The predicted octanol–water partition coefficient (Wildman–Crippen LogP) is 5.63. The van der Waals surface area contributed by atoms with Gasteiger partial charge in [-0.3, -0.25) is 4.90 Å². The molecule has 256 valence electrons. The molecule has 0 bridgehead atoms. The van der Waals surface area contributed by atoms with Gasteiger partial charge in [0.25, 0.3) is 0 Å². The van der Waals surface area contributed by atoms with E-state index in [-0.39, 0.29) is 23.9 Å². The van der Waals surface area contributed by atoms with Crippen molar-refractivity contribution in [3.05, 3.63) is 0 Å². The zero-order valence-corrected chi connectivity index (χ0v) is 29.3. The molecule has 7 nitrogen and oxygen atoms in total. The fraction of sp³-hybridized carbons (Fsp3) is 1.00. The lowest BCUT2D eigenvalue weighted by Gasteiger charge is -2.60. The van der Waals surface area contributed by atoms with Gasteiger partial charge in [-0.25, -0.2) is 0 Å². The second kappa shape index (κ2) is 11.1. The smallest absolute Gasteiger partial charge is 0.170 e. The Morgan fingerprint density at radius 1 is 0.978 bits per heavy atom. The molecule has 0 radical (unpaired) electrons. The maximum Gasteiger partial charge on any atom is 0.170 e. The Hall–Kier alpha value is -0.280. The summed E-state index contributed by atoms with van der Waals surface area (Å²) in [7, 11) is 0. The molecule has 12 atom stereocenters. The molecule has 3 aliphatic heterocycles. The highest BCUT2D eigenvalue weighted by molar-refractivity contribution is 5.29. The predicted molar refractivity (Wildman–Crippen MR) is 175 cm³/mol. The summed E-state index contributed by atoms with van der Waals surface area (Å²) in [6, 6.07) is 0. The maximum atomic E-state index is 10.9. The Labute approximate surface area is 273 Å². The highest BCUT2D eigenvalue weighted by Crippen LogP contribution is 2.87. The topological polar surface area (TPSA) is 72.4 Å². The summed E-state index contributed by atoms with van der Waals surface area (Å²) in [6.07, 6.45) is 13.3. The van der Waals surface area contributed by atoms with Crippen molar-refractivity contribution < 1.29 is 24.1 Å². The highest BCUT2D eigenvalue weighted by Gasteiger charge is 2.80. The zero-order chi connectivity index (χ0) is 31.4. The largest absolute Gasteiger partial charge is 0.388 e. The summed E-state index contributed by atoms with van der Waals surface area (Å²) in [5, 5.41) is 14.4. The molecule has 7 heteroatoms. The number of rotatable bonds is 8. The summed E-state index contributed by atoms with van der Waals surface area (Å²) < 4.78 is 26.3. The van der Waals surface area contributed by atoms with E-state index in [0.717, 1.165) is 62.9 Å². The fourth-order valence-electron chi connectivity index (χ4n) is 13.6. The summed E-state index contributed by atoms with van der Waals surface area (Å²) in [4.78, 5) is 2.59. The number of fused-ring (bicyclic) bond motifs is 4. The van der Waals surface area contributed by atoms with E-state index in [9.17, 15) is 5.11 Å². The molecule has 8 rings (SSSR count). The monoisotopic (exact) mass is 628 g/mol. The van der Waals surface area contributed by atoms with Gasteiger partial charge < -0.3 is 29.4 Å². The van der Waals surface area contributed by atoms with E-state index in [4.69, 9.17) is 18.9 Å². The van der Waals surface area contributed by atoms with Crippen LogP contribution in [-0.2, 0) is 18.9 Å². The van der Waals surface area contributed by atoms with Crippen molar-refractivity contribution in [1.82, 2.24) is 10.2 Å². The van der Waals surface area contributed by atoms with Crippen LogP contribution in [0.1, 0.15) is 106 Å². The van der Waals surface area contributed by atoms with E-state index in [1.165, 1.54) is 64.3 Å². The Kier molecular flexibility index (Phi) is 7.89. The lowest BCUT2D eigenvalue weighted by atomic mass is 9.46. The number of morpholine rings is 1. The summed E-state index contributed by atoms with van der Waals surface area (Å²) in [5.41, 5.74) is 0.758. The van der Waals surface area contributed by atoms with Crippen LogP contribution in [0.2, 0.25) is 0 Å². The molecule has 5 saturated carbocycles. The molecule has 12 unspecified atom stereocenters. The number of aliphatic hydroxyl groups is 1. The molecule has 3 saturated heterocycles. The van der Waals surface area contributed by atoms with Gasteiger partial charge in [-0.05, 0) is 136 Å². The van der Waals surface area contributed by atoms with E-state index in [2.05, 4.69) is 31.0 Å². The highest BCUT2D eigenvalue weighted by atomic mass is 16.7. The summed E-state index contributed by atoms with van der Waals surface area (Å²) >= 11 is 0. The van der Waals surface area contributed by atoms with Crippen LogP contribution in [0.15, 0.2) is 0 Å². The normalized spacial score (nSPS) is 49.9. The van der Waals surface area contributed by atoms with Gasteiger partial charge in [0, 0.05) is 39.3 Å². The van der Waals surface area contributed by atoms with Crippen LogP contribution >= 0.6 is 0 Å². The lowest BCUT2D eigenvalue weighted by Crippen LogP contribution is -2.57. The molecule has 45 heavy (non-hydrogen) atoms. The zero-order valence-electron chi connectivity index (χ0n) is 29.3. The van der Waals surface area contributed by atoms with Gasteiger partial charge in [-0.1, -0.05) is 20.8 Å². The van der Waals surface area contributed by atoms with Crippen molar-refractivity contribution in [2.75, 3.05) is 45.9 Å². The molecule has 0 aromatic heterocycles. The average Bonchev–Trinajstić information content (AvgIpc) is 3.55. The van der Waals surface area contributed by atoms with Crippen molar-refractivity contribution in [2.45, 2.75) is 142 Å². The summed E-state index contributed by atoms with van der Waals surface area (Å²) in [5.74, 6) is 3.83. The quantitative estimate of drug-likeness (QED) is 0.361. The van der Waals surface area contributed by atoms with E-state index >= 15 is 0 Å². The lowest BCUT2D eigenvalue weighted by molar-refractivity contribution is -0.246. The molecule has 0 aromatic carbocycles. The Morgan fingerprint density at radius 3 is 2.51 bits per heavy atom. The van der Waals surface area contributed by atoms with Crippen molar-refractivity contribution in [2.24, 2.45) is 51.2 Å². The third kappa shape index (κ3) is 4.89. The first-order valence-electron chi connectivity index (χ1n) is 19.1. The van der Waals surface area contributed by atoms with Gasteiger partial charge in [0.2, 0.25) is 0 Å². The van der Waals surface area contributed by atoms with Crippen LogP contribution in [0, 0.1) is 51.2 Å². The molecule has 3 heterocycles. The second-order valence-corrected chi connectivity index (χ2v) is 18.6. The average molecular weight is 629 g/mol. The molecule has 8 aliphatic rings. The van der Waals surface area contributed by atoms with E-state index in [0.29, 0.717) is 41.0 Å². The van der Waals surface area contributed by atoms with Gasteiger partial charge in [0.1, 0.15) is 6.10 Å². The number of nitrogens with zero attached hydrogens (tertiary/aromatic N) is 1. The fourth-order valence-corrected chi connectivity index (χ4v) is 13.6. The third-order valence-electron chi connectivity index (χ3n) is 15.8. The SMILES string of the molecule is CCOC(C1CCC2C(CC3C4CCC5C(C)(C)C(OC6CN(CC7CNC7)CCO6)CCC56CC46CCC23C)O1)C(C)(C)O. The third-order valence-corrected chi connectivity index (χ3v) is 15.8. The minimum absolute atomic E-state index is 0.00145. The molecule has 0 aromatic rings. The second-order valence-electron chi connectivity index (χ2n) is 18.6. The molecule has 8 fully saturated rings. The maximum absolute atomic E-state index is 10.9. The van der Waals surface area contributed by atoms with Crippen LogP contribution in [0.3, 0.4) is 0 Å². The van der Waals surface area contributed by atoms with Crippen LogP contribution in [0.25, 0.3) is 0 Å². The number of ether oxygens (including phenoxy) is 4. The summed E-state index contributed by atoms with van der Waals surface area (Å²) in [6.45, 7) is 20.5. The van der Waals surface area contributed by atoms with Crippen LogP contribution < -0.4 is 5.32 Å². The first-order valence-corrected chi connectivity index (χ1v) is 19.1. The van der Waals surface area contributed by atoms with Crippen molar-refractivity contribution in [3.8, 4) is 0 Å². The van der Waals surface area contributed by atoms with Crippen molar-refractivity contribution >= 4 is 0 Å². The molecule has 5 aliphatic carbocycles. The Bertz CT molecular complexity index is 1110. The van der Waals surface area contributed by atoms with Crippen LogP contribution in [0.5, 0.6) is 0 Å². The number of nitrogens with one attached hydrogen (secondary N) is 1. The molecule has 2 N–H and O–H groups in total. The van der Waals surface area contributed by atoms with Crippen LogP contribution in [0.4, 0.5) is 0 Å². The molecular formula is C38H64N2O5. The number of hydrogen-bond acceptors (Lipinski definition) is 7. The Morgan fingerprint density at radius 2 is 1.78 bits per heavy atom. The molecule has 2 spiro atoms. The Balaban J connectivity index is 0.952. The van der Waals surface area contributed by atoms with Gasteiger partial charge in [-0.2, -0.15) is 0 Å². The van der Waals surface area contributed by atoms with Crippen molar-refractivity contribution in [1.29, 1.82) is 0 Å². The van der Waals surface area contributed by atoms with Gasteiger partial charge in [0.05, 0.1) is 30.5 Å². The first kappa shape index (κ1) is 32.0. The van der Waals surface area contributed by atoms with Gasteiger partial charge in [-0.15, -0.1) is 0 Å². The first-order chi connectivity index (χ1) is 21.4. The van der Waals surface area contributed by atoms with Gasteiger partial charge >= 0.3 is 0 Å². The van der Waals surface area contributed by atoms with Gasteiger partial charge in [0.15, 0.2) is 6.29 Å². The van der Waals surface area contributed by atoms with E-state index < -0.39 is 5.60 Å². The molecule has 0 amide bonds. The van der Waals surface area contributed by atoms with E-state index in [1.807, 2.05) is 20.8 Å². The standard InChI is InChI=1S/C38H64N2O5/c1-7-42-33(35(4,5)41)28-10-8-26-29(44-28)18-27-25-9-11-30-34(2,3)31(12-13-38(30)23-37(25,38)15-14-36(26,27)6)45-32-22-40(16-17-43-32)21-24-19-39-20-24/h24-33,39,41H,7-23H2,1-6H3. The number of hydrogen-bond donors (Lipinski definition) is 2. The minimum atomic E-state index is -0.892. The minimum Gasteiger partial charge on any atom is -0.388 e. The van der Waals surface area contributed by atoms with Crippen molar-refractivity contribution in [3.63, 3.8) is 0 Å². The molecular weight excluding hydrogens is 564 g/mol.